The molecule has 1 N–H and O–H groups in total. The molecule has 1 aliphatic rings. The first-order chi connectivity index (χ1) is 8.54. The molecule has 0 fully saturated rings. The minimum Gasteiger partial charge on any atom is -0.488 e. The van der Waals surface area contributed by atoms with Crippen LogP contribution >= 0.6 is 15.9 Å². The van der Waals surface area contributed by atoms with Crippen molar-refractivity contribution in [2.24, 2.45) is 0 Å². The molecule has 18 heavy (non-hydrogen) atoms. The molecular formula is C13H18BrNO2S. The smallest absolute Gasteiger partial charge is 0.123 e. The van der Waals surface area contributed by atoms with Crippen molar-refractivity contribution >= 4 is 26.7 Å². The second kappa shape index (κ2) is 6.17. The van der Waals surface area contributed by atoms with Crippen molar-refractivity contribution in [3.8, 4) is 5.75 Å². The summed E-state index contributed by atoms with van der Waals surface area (Å²) in [6.45, 7) is 2.85. The van der Waals surface area contributed by atoms with E-state index in [1.165, 1.54) is 5.56 Å². The van der Waals surface area contributed by atoms with Crippen LogP contribution < -0.4 is 10.1 Å². The number of hydrogen-bond acceptors (Lipinski definition) is 3. The number of halogens is 1. The molecule has 1 aliphatic heterocycles. The molecule has 0 aromatic heterocycles. The predicted molar refractivity (Wildman–Crippen MR) is 78.7 cm³/mol. The van der Waals surface area contributed by atoms with Gasteiger partial charge in [-0.25, -0.2) is 0 Å². The summed E-state index contributed by atoms with van der Waals surface area (Å²) in [6.07, 6.45) is 2.85. The fourth-order valence-corrected chi connectivity index (χ4v) is 3.38. The molecule has 1 aromatic carbocycles. The summed E-state index contributed by atoms with van der Waals surface area (Å²) >= 11 is 3.47. The van der Waals surface area contributed by atoms with Gasteiger partial charge in [0.2, 0.25) is 0 Å². The maximum Gasteiger partial charge on any atom is 0.123 e. The van der Waals surface area contributed by atoms with E-state index in [1.807, 2.05) is 12.1 Å². The van der Waals surface area contributed by atoms with Crippen molar-refractivity contribution in [3.63, 3.8) is 0 Å². The Morgan fingerprint density at radius 2 is 2.39 bits per heavy atom. The number of benzene rings is 1. The highest BCUT2D eigenvalue weighted by atomic mass is 79.9. The topological polar surface area (TPSA) is 38.3 Å². The molecule has 0 aliphatic carbocycles. The van der Waals surface area contributed by atoms with Gasteiger partial charge in [0.1, 0.15) is 11.9 Å². The number of ether oxygens (including phenoxy) is 1. The fraction of sp³-hybridized carbons (Fsp3) is 0.538. The fourth-order valence-electron chi connectivity index (χ4n) is 2.15. The van der Waals surface area contributed by atoms with Crippen LogP contribution in [0, 0.1) is 0 Å². The SMILES string of the molecule is CC(CS(C)=O)NCC1Cc2cc(Br)ccc2O1. The van der Waals surface area contributed by atoms with Gasteiger partial charge >= 0.3 is 0 Å². The zero-order valence-electron chi connectivity index (χ0n) is 10.6. The maximum absolute atomic E-state index is 11.1. The van der Waals surface area contributed by atoms with Gasteiger partial charge in [-0.1, -0.05) is 15.9 Å². The monoisotopic (exact) mass is 331 g/mol. The minimum atomic E-state index is -0.751. The summed E-state index contributed by atoms with van der Waals surface area (Å²) < 4.78 is 18.0. The number of nitrogens with one attached hydrogen (secondary N) is 1. The lowest BCUT2D eigenvalue weighted by molar-refractivity contribution is 0.224. The molecule has 5 heteroatoms. The molecule has 0 spiro atoms. The van der Waals surface area contributed by atoms with E-state index in [4.69, 9.17) is 4.74 Å². The van der Waals surface area contributed by atoms with Gasteiger partial charge in [0, 0.05) is 46.3 Å². The van der Waals surface area contributed by atoms with Crippen LogP contribution in [0.2, 0.25) is 0 Å². The summed E-state index contributed by atoms with van der Waals surface area (Å²) in [5.74, 6) is 1.67. The number of rotatable bonds is 5. The third-order valence-electron chi connectivity index (χ3n) is 2.94. The maximum atomic E-state index is 11.1. The van der Waals surface area contributed by atoms with Crippen molar-refractivity contribution < 1.29 is 8.95 Å². The van der Waals surface area contributed by atoms with Gasteiger partial charge < -0.3 is 10.1 Å². The minimum absolute atomic E-state index is 0.182. The van der Waals surface area contributed by atoms with Crippen molar-refractivity contribution in [3.05, 3.63) is 28.2 Å². The van der Waals surface area contributed by atoms with E-state index in [2.05, 4.69) is 34.2 Å². The molecule has 3 atom stereocenters. The number of fused-ring (bicyclic) bond motifs is 1. The van der Waals surface area contributed by atoms with Crippen molar-refractivity contribution in [2.75, 3.05) is 18.6 Å². The molecular weight excluding hydrogens is 314 g/mol. The second-order valence-corrected chi connectivity index (χ2v) is 7.14. The highest BCUT2D eigenvalue weighted by Crippen LogP contribution is 2.30. The van der Waals surface area contributed by atoms with Crippen LogP contribution in [0.1, 0.15) is 12.5 Å². The first-order valence-electron chi connectivity index (χ1n) is 6.03. The first kappa shape index (κ1) is 14.0. The summed E-state index contributed by atoms with van der Waals surface area (Å²) in [4.78, 5) is 0. The molecule has 100 valence electrons. The largest absolute Gasteiger partial charge is 0.488 e. The van der Waals surface area contributed by atoms with Gasteiger partial charge in [-0.2, -0.15) is 0 Å². The van der Waals surface area contributed by atoms with Gasteiger partial charge in [0.15, 0.2) is 0 Å². The van der Waals surface area contributed by atoms with Crippen LogP contribution in [-0.2, 0) is 17.2 Å². The molecule has 1 heterocycles. The average molecular weight is 332 g/mol. The Morgan fingerprint density at radius 1 is 1.61 bits per heavy atom. The van der Waals surface area contributed by atoms with Crippen LogP contribution in [0.5, 0.6) is 5.75 Å². The number of hydrogen-bond donors (Lipinski definition) is 1. The average Bonchev–Trinajstić information content (AvgIpc) is 2.67. The van der Waals surface area contributed by atoms with Crippen LogP contribution in [0.15, 0.2) is 22.7 Å². The van der Waals surface area contributed by atoms with E-state index in [-0.39, 0.29) is 12.1 Å². The molecule has 3 unspecified atom stereocenters. The summed E-state index contributed by atoms with van der Waals surface area (Å²) in [7, 11) is -0.751. The molecule has 1 aromatic rings. The van der Waals surface area contributed by atoms with Crippen LogP contribution in [0.4, 0.5) is 0 Å². The van der Waals surface area contributed by atoms with Gasteiger partial charge in [-0.3, -0.25) is 4.21 Å². The lowest BCUT2D eigenvalue weighted by Gasteiger charge is -2.16. The standard InChI is InChI=1S/C13H18BrNO2S/c1-9(8-18(2)16)15-7-12-6-10-5-11(14)3-4-13(10)17-12/h3-5,9,12,15H,6-8H2,1-2H3. The molecule has 0 saturated heterocycles. The molecule has 3 nitrogen and oxygen atoms in total. The summed E-state index contributed by atoms with van der Waals surface area (Å²) in [5, 5.41) is 3.38. The van der Waals surface area contributed by atoms with Gasteiger partial charge in [-0.15, -0.1) is 0 Å². The Labute approximate surface area is 119 Å². The third kappa shape index (κ3) is 3.80. The van der Waals surface area contributed by atoms with E-state index in [0.717, 1.165) is 23.2 Å². The highest BCUT2D eigenvalue weighted by Gasteiger charge is 2.23. The highest BCUT2D eigenvalue weighted by molar-refractivity contribution is 9.10. The summed E-state index contributed by atoms with van der Waals surface area (Å²) in [5.41, 5.74) is 1.25. The Bertz CT molecular complexity index is 453. The third-order valence-corrected chi connectivity index (χ3v) is 4.41. The van der Waals surface area contributed by atoms with Crippen LogP contribution in [-0.4, -0.2) is 34.9 Å². The van der Waals surface area contributed by atoms with E-state index >= 15 is 0 Å². The van der Waals surface area contributed by atoms with E-state index in [1.54, 1.807) is 6.26 Å². The molecule has 0 saturated carbocycles. The van der Waals surface area contributed by atoms with Gasteiger partial charge in [0.05, 0.1) is 0 Å². The summed E-state index contributed by atoms with van der Waals surface area (Å²) in [6, 6.07) is 6.37. The molecule has 0 amide bonds. The van der Waals surface area contributed by atoms with Gasteiger partial charge in [-0.05, 0) is 30.7 Å². The Balaban J connectivity index is 1.83. The van der Waals surface area contributed by atoms with Crippen molar-refractivity contribution in [1.29, 1.82) is 0 Å². The predicted octanol–water partition coefficient (Wildman–Crippen LogP) is 2.11. The molecule has 0 bridgehead atoms. The van der Waals surface area contributed by atoms with Crippen LogP contribution in [0.3, 0.4) is 0 Å². The first-order valence-corrected chi connectivity index (χ1v) is 8.55. The normalized spacial score (nSPS) is 21.2. The molecule has 2 rings (SSSR count). The Morgan fingerprint density at radius 3 is 3.11 bits per heavy atom. The van der Waals surface area contributed by atoms with Crippen molar-refractivity contribution in [1.82, 2.24) is 5.32 Å². The lowest BCUT2D eigenvalue weighted by atomic mass is 10.1. The van der Waals surface area contributed by atoms with E-state index in [9.17, 15) is 4.21 Å². The van der Waals surface area contributed by atoms with Gasteiger partial charge in [0.25, 0.3) is 0 Å². The second-order valence-electron chi connectivity index (χ2n) is 4.75. The molecule has 0 radical (unpaired) electrons. The van der Waals surface area contributed by atoms with E-state index < -0.39 is 10.8 Å². The zero-order chi connectivity index (χ0) is 13.1. The van der Waals surface area contributed by atoms with Crippen molar-refractivity contribution in [2.45, 2.75) is 25.5 Å². The Hall–Kier alpha value is -0.390. The zero-order valence-corrected chi connectivity index (χ0v) is 13.0. The van der Waals surface area contributed by atoms with E-state index in [0.29, 0.717) is 5.75 Å². The quantitative estimate of drug-likeness (QED) is 0.898. The lowest BCUT2D eigenvalue weighted by Crippen LogP contribution is -2.38. The Kier molecular flexibility index (Phi) is 4.81. The van der Waals surface area contributed by atoms with Crippen LogP contribution in [0.25, 0.3) is 0 Å².